The molecule has 1 amide bonds. The first-order chi connectivity index (χ1) is 12.6. The maximum atomic E-state index is 12.5. The van der Waals surface area contributed by atoms with Crippen molar-refractivity contribution in [3.63, 3.8) is 0 Å². The number of thioether (sulfide) groups is 1. The van der Waals surface area contributed by atoms with Crippen LogP contribution in [0.2, 0.25) is 0 Å². The van der Waals surface area contributed by atoms with E-state index in [1.807, 2.05) is 36.4 Å². The largest absolute Gasteiger partial charge is 0.497 e. The molecule has 1 saturated heterocycles. The number of hydrogen-bond donors (Lipinski definition) is 0. The number of ether oxygens (including phenoxy) is 4. The van der Waals surface area contributed by atoms with Gasteiger partial charge in [-0.1, -0.05) is 0 Å². The summed E-state index contributed by atoms with van der Waals surface area (Å²) in [4.78, 5) is 14.3. The van der Waals surface area contributed by atoms with Crippen molar-refractivity contribution < 1.29 is 23.7 Å². The van der Waals surface area contributed by atoms with E-state index < -0.39 is 0 Å². The molecule has 1 aliphatic rings. The third-order valence-electron chi connectivity index (χ3n) is 4.19. The van der Waals surface area contributed by atoms with Crippen molar-refractivity contribution >= 4 is 23.4 Å². The quantitative estimate of drug-likeness (QED) is 0.770. The normalized spacial score (nSPS) is 16.5. The van der Waals surface area contributed by atoms with Crippen LogP contribution in [-0.2, 0) is 4.79 Å². The highest BCUT2D eigenvalue weighted by atomic mass is 32.2. The van der Waals surface area contributed by atoms with Crippen molar-refractivity contribution in [1.29, 1.82) is 0 Å². The van der Waals surface area contributed by atoms with Gasteiger partial charge in [-0.3, -0.25) is 9.69 Å². The second-order valence-corrected chi connectivity index (χ2v) is 6.65. The van der Waals surface area contributed by atoms with Crippen LogP contribution in [0, 0.1) is 0 Å². The molecule has 1 fully saturated rings. The number of amides is 1. The third-order valence-corrected chi connectivity index (χ3v) is 5.40. The van der Waals surface area contributed by atoms with E-state index in [0.29, 0.717) is 23.0 Å². The van der Waals surface area contributed by atoms with Crippen molar-refractivity contribution in [2.75, 3.05) is 39.1 Å². The summed E-state index contributed by atoms with van der Waals surface area (Å²) in [6, 6.07) is 11.2. The minimum atomic E-state index is -0.176. The monoisotopic (exact) mass is 375 g/mol. The fraction of sp³-hybridized carbons (Fsp3) is 0.316. The lowest BCUT2D eigenvalue weighted by atomic mass is 10.1. The Balaban J connectivity index is 2.02. The Labute approximate surface area is 157 Å². The number of rotatable bonds is 6. The first-order valence-electron chi connectivity index (χ1n) is 8.00. The Morgan fingerprint density at radius 1 is 0.923 bits per heavy atom. The van der Waals surface area contributed by atoms with Crippen LogP contribution in [0.4, 0.5) is 5.69 Å². The second kappa shape index (κ2) is 7.78. The van der Waals surface area contributed by atoms with Gasteiger partial charge in [-0.15, -0.1) is 11.8 Å². The Morgan fingerprint density at radius 2 is 1.54 bits per heavy atom. The molecule has 0 spiro atoms. The molecule has 1 heterocycles. The number of anilines is 1. The highest BCUT2D eigenvalue weighted by Crippen LogP contribution is 2.47. The molecule has 6 nitrogen and oxygen atoms in total. The minimum Gasteiger partial charge on any atom is -0.497 e. The van der Waals surface area contributed by atoms with Crippen LogP contribution < -0.4 is 23.8 Å². The van der Waals surface area contributed by atoms with Gasteiger partial charge in [0, 0.05) is 5.69 Å². The van der Waals surface area contributed by atoms with Gasteiger partial charge in [-0.2, -0.15) is 0 Å². The van der Waals surface area contributed by atoms with E-state index in [1.54, 1.807) is 45.1 Å². The molecule has 3 rings (SSSR count). The zero-order chi connectivity index (χ0) is 18.7. The lowest BCUT2D eigenvalue weighted by Gasteiger charge is -2.25. The maximum Gasteiger partial charge on any atom is 0.238 e. The molecule has 0 aliphatic carbocycles. The SMILES string of the molecule is COc1ccc(N2C(=O)CS[C@H]2c2cc(OC)c(OC)c(OC)c2)cc1. The van der Waals surface area contributed by atoms with Crippen LogP contribution in [0.15, 0.2) is 36.4 Å². The Kier molecular flexibility index (Phi) is 5.46. The van der Waals surface area contributed by atoms with Crippen molar-refractivity contribution in [3.8, 4) is 23.0 Å². The van der Waals surface area contributed by atoms with E-state index >= 15 is 0 Å². The van der Waals surface area contributed by atoms with Gasteiger partial charge in [-0.05, 0) is 42.0 Å². The summed E-state index contributed by atoms with van der Waals surface area (Å²) >= 11 is 1.56. The van der Waals surface area contributed by atoms with E-state index in [2.05, 4.69) is 0 Å². The summed E-state index contributed by atoms with van der Waals surface area (Å²) in [5.41, 5.74) is 1.73. The molecule has 2 aromatic carbocycles. The fourth-order valence-electron chi connectivity index (χ4n) is 2.94. The molecular formula is C19H21NO5S. The van der Waals surface area contributed by atoms with Crippen molar-refractivity contribution in [2.45, 2.75) is 5.37 Å². The van der Waals surface area contributed by atoms with E-state index in [4.69, 9.17) is 18.9 Å². The number of nitrogens with zero attached hydrogens (tertiary/aromatic N) is 1. The van der Waals surface area contributed by atoms with Gasteiger partial charge in [-0.25, -0.2) is 0 Å². The molecule has 0 N–H and O–H groups in total. The number of hydrogen-bond acceptors (Lipinski definition) is 6. The Hall–Kier alpha value is -2.54. The molecule has 1 aliphatic heterocycles. The minimum absolute atomic E-state index is 0.0546. The molecule has 0 radical (unpaired) electrons. The van der Waals surface area contributed by atoms with E-state index in [9.17, 15) is 4.79 Å². The first-order valence-corrected chi connectivity index (χ1v) is 9.05. The van der Waals surface area contributed by atoms with Gasteiger partial charge >= 0.3 is 0 Å². The van der Waals surface area contributed by atoms with Gasteiger partial charge in [0.15, 0.2) is 11.5 Å². The highest BCUT2D eigenvalue weighted by molar-refractivity contribution is 8.00. The molecule has 0 bridgehead atoms. The summed E-state index contributed by atoms with van der Waals surface area (Å²) in [6.45, 7) is 0. The molecule has 2 aromatic rings. The number of carbonyl (C=O) groups is 1. The van der Waals surface area contributed by atoms with E-state index in [-0.39, 0.29) is 11.3 Å². The second-order valence-electron chi connectivity index (χ2n) is 5.58. The summed E-state index contributed by atoms with van der Waals surface area (Å²) in [6.07, 6.45) is 0. The van der Waals surface area contributed by atoms with Crippen LogP contribution >= 0.6 is 11.8 Å². The number of methoxy groups -OCH3 is 4. The van der Waals surface area contributed by atoms with Gasteiger partial charge in [0.25, 0.3) is 0 Å². The summed E-state index contributed by atoms with van der Waals surface area (Å²) in [5, 5.41) is -0.176. The molecule has 7 heteroatoms. The topological polar surface area (TPSA) is 57.2 Å². The van der Waals surface area contributed by atoms with E-state index in [0.717, 1.165) is 17.0 Å². The average Bonchev–Trinajstić information content (AvgIpc) is 3.08. The Morgan fingerprint density at radius 3 is 2.04 bits per heavy atom. The van der Waals surface area contributed by atoms with Gasteiger partial charge in [0.2, 0.25) is 11.7 Å². The van der Waals surface area contributed by atoms with Crippen LogP contribution in [0.25, 0.3) is 0 Å². The van der Waals surface area contributed by atoms with Crippen LogP contribution in [0.3, 0.4) is 0 Å². The fourth-order valence-corrected chi connectivity index (χ4v) is 4.09. The van der Waals surface area contributed by atoms with Gasteiger partial charge in [0.05, 0.1) is 34.2 Å². The summed E-state index contributed by atoms with van der Waals surface area (Å²) in [5.74, 6) is 2.88. The lowest BCUT2D eigenvalue weighted by Crippen LogP contribution is -2.27. The highest BCUT2D eigenvalue weighted by Gasteiger charge is 2.35. The van der Waals surface area contributed by atoms with E-state index in [1.165, 1.54) is 0 Å². The standard InChI is InChI=1S/C19H21NO5S/c1-22-14-7-5-13(6-8-14)20-17(21)11-26-19(20)12-9-15(23-2)18(25-4)16(10-12)24-3/h5-10,19H,11H2,1-4H3/t19-/m0/s1. The third kappa shape index (κ3) is 3.26. The molecule has 1 atom stereocenters. The van der Waals surface area contributed by atoms with Crippen LogP contribution in [0.1, 0.15) is 10.9 Å². The Bertz CT molecular complexity index is 768. The zero-order valence-corrected chi connectivity index (χ0v) is 16.0. The molecule has 0 aromatic heterocycles. The molecule has 0 saturated carbocycles. The van der Waals surface area contributed by atoms with Gasteiger partial charge in [0.1, 0.15) is 11.1 Å². The molecule has 0 unspecified atom stereocenters. The van der Waals surface area contributed by atoms with Crippen LogP contribution in [-0.4, -0.2) is 40.1 Å². The van der Waals surface area contributed by atoms with Crippen molar-refractivity contribution in [3.05, 3.63) is 42.0 Å². The molecular weight excluding hydrogens is 354 g/mol. The summed E-state index contributed by atoms with van der Waals surface area (Å²) < 4.78 is 21.5. The van der Waals surface area contributed by atoms with Crippen molar-refractivity contribution in [2.24, 2.45) is 0 Å². The van der Waals surface area contributed by atoms with Crippen molar-refractivity contribution in [1.82, 2.24) is 0 Å². The predicted octanol–water partition coefficient (Wildman–Crippen LogP) is 3.50. The van der Waals surface area contributed by atoms with Crippen LogP contribution in [0.5, 0.6) is 23.0 Å². The zero-order valence-electron chi connectivity index (χ0n) is 15.1. The lowest BCUT2D eigenvalue weighted by molar-refractivity contribution is -0.115. The number of benzene rings is 2. The number of carbonyl (C=O) groups excluding carboxylic acids is 1. The molecule has 138 valence electrons. The first kappa shape index (κ1) is 18.3. The smallest absolute Gasteiger partial charge is 0.238 e. The maximum absolute atomic E-state index is 12.5. The predicted molar refractivity (Wildman–Crippen MR) is 102 cm³/mol. The average molecular weight is 375 g/mol. The van der Waals surface area contributed by atoms with Gasteiger partial charge < -0.3 is 18.9 Å². The summed E-state index contributed by atoms with van der Waals surface area (Å²) in [7, 11) is 6.34. The molecule has 26 heavy (non-hydrogen) atoms.